The molecule has 1 N–H and O–H groups in total. The summed E-state index contributed by atoms with van der Waals surface area (Å²) >= 11 is 0. The fraction of sp³-hybridized carbons (Fsp3) is 0.235. The number of carbonyl (C=O) groups excluding carboxylic acids is 1. The zero-order valence-electron chi connectivity index (χ0n) is 10.9. The van der Waals surface area contributed by atoms with Gasteiger partial charge in [-0.2, -0.15) is 0 Å². The minimum Gasteiger partial charge on any atom is -0.326 e. The van der Waals surface area contributed by atoms with Crippen molar-refractivity contribution >= 4 is 11.6 Å². The number of amides is 1. The van der Waals surface area contributed by atoms with Gasteiger partial charge in [0.25, 0.3) is 0 Å². The van der Waals surface area contributed by atoms with Crippen LogP contribution in [0.15, 0.2) is 48.5 Å². The molecular formula is C17H17NO. The molecule has 0 saturated heterocycles. The highest BCUT2D eigenvalue weighted by Gasteiger charge is 2.11. The molecule has 96 valence electrons. The third-order valence-corrected chi connectivity index (χ3v) is 3.59. The first-order valence-corrected chi connectivity index (χ1v) is 6.77. The van der Waals surface area contributed by atoms with E-state index in [0.717, 1.165) is 17.7 Å². The number of hydrogen-bond donors (Lipinski definition) is 1. The summed E-state index contributed by atoms with van der Waals surface area (Å²) in [4.78, 5) is 12.0. The summed E-state index contributed by atoms with van der Waals surface area (Å²) < 4.78 is 0. The van der Waals surface area contributed by atoms with Gasteiger partial charge in [0.2, 0.25) is 5.91 Å². The Morgan fingerprint density at radius 1 is 1.00 bits per heavy atom. The highest BCUT2D eigenvalue weighted by molar-refractivity contribution is 5.92. The van der Waals surface area contributed by atoms with Gasteiger partial charge in [-0.1, -0.05) is 36.4 Å². The van der Waals surface area contributed by atoms with E-state index in [-0.39, 0.29) is 5.91 Å². The van der Waals surface area contributed by atoms with Crippen LogP contribution >= 0.6 is 0 Å². The maximum Gasteiger partial charge on any atom is 0.228 e. The quantitative estimate of drug-likeness (QED) is 0.890. The fourth-order valence-electron chi connectivity index (χ4n) is 2.64. The number of fused-ring (bicyclic) bond motifs is 1. The summed E-state index contributed by atoms with van der Waals surface area (Å²) in [6.07, 6.45) is 3.97. The molecule has 0 aliphatic heterocycles. The van der Waals surface area contributed by atoms with Crippen LogP contribution in [0.1, 0.15) is 23.1 Å². The molecule has 0 saturated carbocycles. The highest BCUT2D eigenvalue weighted by Crippen LogP contribution is 2.24. The Labute approximate surface area is 113 Å². The first kappa shape index (κ1) is 12.0. The number of aryl methyl sites for hydroxylation is 2. The van der Waals surface area contributed by atoms with Gasteiger partial charge < -0.3 is 5.32 Å². The van der Waals surface area contributed by atoms with Crippen LogP contribution in [0, 0.1) is 0 Å². The molecule has 2 heteroatoms. The number of benzene rings is 2. The first-order chi connectivity index (χ1) is 9.31. The monoisotopic (exact) mass is 251 g/mol. The Kier molecular flexibility index (Phi) is 3.32. The normalized spacial score (nSPS) is 13.1. The fourth-order valence-corrected chi connectivity index (χ4v) is 2.64. The zero-order valence-corrected chi connectivity index (χ0v) is 10.9. The van der Waals surface area contributed by atoms with E-state index in [9.17, 15) is 4.79 Å². The van der Waals surface area contributed by atoms with Crippen molar-refractivity contribution in [2.24, 2.45) is 0 Å². The Morgan fingerprint density at radius 2 is 1.79 bits per heavy atom. The van der Waals surface area contributed by atoms with Gasteiger partial charge in [0, 0.05) is 5.69 Å². The molecule has 19 heavy (non-hydrogen) atoms. The maximum atomic E-state index is 12.0. The minimum absolute atomic E-state index is 0.0455. The van der Waals surface area contributed by atoms with Crippen LogP contribution in [-0.4, -0.2) is 5.91 Å². The molecule has 1 aliphatic carbocycles. The number of hydrogen-bond acceptors (Lipinski definition) is 1. The molecule has 2 aromatic carbocycles. The van der Waals surface area contributed by atoms with E-state index < -0.39 is 0 Å². The predicted octanol–water partition coefficient (Wildman–Crippen LogP) is 3.36. The van der Waals surface area contributed by atoms with Crippen LogP contribution in [0.2, 0.25) is 0 Å². The lowest BCUT2D eigenvalue weighted by Gasteiger charge is -2.07. The summed E-state index contributed by atoms with van der Waals surface area (Å²) in [5.74, 6) is 0.0455. The molecular weight excluding hydrogens is 234 g/mol. The van der Waals surface area contributed by atoms with Crippen molar-refractivity contribution in [2.75, 3.05) is 5.32 Å². The molecule has 1 aliphatic rings. The van der Waals surface area contributed by atoms with Crippen molar-refractivity contribution < 1.29 is 4.79 Å². The Hall–Kier alpha value is -2.09. The van der Waals surface area contributed by atoms with Crippen LogP contribution in [-0.2, 0) is 24.1 Å². The van der Waals surface area contributed by atoms with E-state index in [0.29, 0.717) is 6.42 Å². The second-order valence-electron chi connectivity index (χ2n) is 5.05. The van der Waals surface area contributed by atoms with Crippen LogP contribution in [0.25, 0.3) is 0 Å². The van der Waals surface area contributed by atoms with Crippen molar-refractivity contribution in [1.82, 2.24) is 0 Å². The van der Waals surface area contributed by atoms with Crippen LogP contribution in [0.5, 0.6) is 0 Å². The second kappa shape index (κ2) is 5.27. The molecule has 2 aromatic rings. The zero-order chi connectivity index (χ0) is 13.1. The minimum atomic E-state index is 0.0455. The smallest absolute Gasteiger partial charge is 0.228 e. The summed E-state index contributed by atoms with van der Waals surface area (Å²) in [5.41, 5.74) is 4.78. The molecule has 0 aromatic heterocycles. The topological polar surface area (TPSA) is 29.1 Å². The van der Waals surface area contributed by atoms with Gasteiger partial charge in [-0.25, -0.2) is 0 Å². The van der Waals surface area contributed by atoms with Crippen molar-refractivity contribution in [3.8, 4) is 0 Å². The van der Waals surface area contributed by atoms with E-state index >= 15 is 0 Å². The summed E-state index contributed by atoms with van der Waals surface area (Å²) in [5, 5.41) is 2.98. The summed E-state index contributed by atoms with van der Waals surface area (Å²) in [6, 6.07) is 16.1. The third kappa shape index (κ3) is 2.84. The molecule has 0 atom stereocenters. The molecule has 3 rings (SSSR count). The van der Waals surface area contributed by atoms with Crippen molar-refractivity contribution in [3.63, 3.8) is 0 Å². The lowest BCUT2D eigenvalue weighted by Crippen LogP contribution is -2.14. The largest absolute Gasteiger partial charge is 0.326 e. The Morgan fingerprint density at radius 3 is 2.63 bits per heavy atom. The molecule has 0 heterocycles. The molecule has 0 unspecified atom stereocenters. The van der Waals surface area contributed by atoms with Gasteiger partial charge in [0.05, 0.1) is 6.42 Å². The number of rotatable bonds is 3. The lowest BCUT2D eigenvalue weighted by molar-refractivity contribution is -0.115. The van der Waals surface area contributed by atoms with Crippen molar-refractivity contribution in [1.29, 1.82) is 0 Å². The molecule has 0 fully saturated rings. The number of nitrogens with one attached hydrogen (secondary N) is 1. The van der Waals surface area contributed by atoms with Gasteiger partial charge in [-0.3, -0.25) is 4.79 Å². The molecule has 0 bridgehead atoms. The van der Waals surface area contributed by atoms with Crippen LogP contribution in [0.4, 0.5) is 5.69 Å². The standard InChI is InChI=1S/C17H17NO/c19-17(11-13-5-2-1-3-6-13)18-16-10-9-14-7-4-8-15(14)12-16/h1-3,5-6,9-10,12H,4,7-8,11H2,(H,18,19). The highest BCUT2D eigenvalue weighted by atomic mass is 16.1. The Bertz CT molecular complexity index is 589. The number of carbonyl (C=O) groups is 1. The van der Waals surface area contributed by atoms with E-state index in [2.05, 4.69) is 17.4 Å². The Balaban J connectivity index is 1.66. The van der Waals surface area contributed by atoms with Crippen molar-refractivity contribution in [3.05, 3.63) is 65.2 Å². The van der Waals surface area contributed by atoms with Gasteiger partial charge in [-0.15, -0.1) is 0 Å². The predicted molar refractivity (Wildman–Crippen MR) is 77.2 cm³/mol. The molecule has 1 amide bonds. The van der Waals surface area contributed by atoms with Gasteiger partial charge >= 0.3 is 0 Å². The first-order valence-electron chi connectivity index (χ1n) is 6.77. The van der Waals surface area contributed by atoms with Gasteiger partial charge in [0.15, 0.2) is 0 Å². The molecule has 0 radical (unpaired) electrons. The average Bonchev–Trinajstić information content (AvgIpc) is 2.87. The van der Waals surface area contributed by atoms with Crippen LogP contribution in [0.3, 0.4) is 0 Å². The maximum absolute atomic E-state index is 12.0. The molecule has 0 spiro atoms. The van der Waals surface area contributed by atoms with Gasteiger partial charge in [0.1, 0.15) is 0 Å². The summed E-state index contributed by atoms with van der Waals surface area (Å²) in [7, 11) is 0. The van der Waals surface area contributed by atoms with Gasteiger partial charge in [-0.05, 0) is 48.1 Å². The lowest BCUT2D eigenvalue weighted by atomic mass is 10.1. The van der Waals surface area contributed by atoms with E-state index in [1.54, 1.807) is 0 Å². The third-order valence-electron chi connectivity index (χ3n) is 3.59. The van der Waals surface area contributed by atoms with E-state index in [1.807, 2.05) is 36.4 Å². The second-order valence-corrected chi connectivity index (χ2v) is 5.05. The average molecular weight is 251 g/mol. The van der Waals surface area contributed by atoms with E-state index in [4.69, 9.17) is 0 Å². The number of anilines is 1. The van der Waals surface area contributed by atoms with Crippen LogP contribution < -0.4 is 5.32 Å². The SMILES string of the molecule is O=C(Cc1ccccc1)Nc1ccc2c(c1)CCC2. The van der Waals surface area contributed by atoms with E-state index in [1.165, 1.54) is 24.0 Å². The van der Waals surface area contributed by atoms with Crippen molar-refractivity contribution in [2.45, 2.75) is 25.7 Å². The summed E-state index contributed by atoms with van der Waals surface area (Å²) in [6.45, 7) is 0. The molecule has 2 nitrogen and oxygen atoms in total.